The van der Waals surface area contributed by atoms with Gasteiger partial charge in [0.1, 0.15) is 0 Å². The van der Waals surface area contributed by atoms with Crippen molar-refractivity contribution in [2.24, 2.45) is 5.92 Å². The number of nitrogens with zero attached hydrogens (tertiary/aromatic N) is 1. The Hall–Kier alpha value is -2.59. The largest absolute Gasteiger partial charge is 0.356 e. The Morgan fingerprint density at radius 2 is 2.00 bits per heavy atom. The number of aromatic nitrogens is 1. The molecule has 138 valence electrons. The van der Waals surface area contributed by atoms with Crippen LogP contribution in [0.4, 0.5) is 5.69 Å². The van der Waals surface area contributed by atoms with Gasteiger partial charge in [0.15, 0.2) is 5.54 Å². The minimum Gasteiger partial charge on any atom is -0.356 e. The van der Waals surface area contributed by atoms with Crippen LogP contribution in [0.5, 0.6) is 0 Å². The quantitative estimate of drug-likeness (QED) is 0.730. The first-order valence-corrected chi connectivity index (χ1v) is 9.80. The molecule has 1 unspecified atom stereocenters. The zero-order valence-electron chi connectivity index (χ0n) is 16.1. The number of aromatic amines is 1. The highest BCUT2D eigenvalue weighted by atomic mass is 16.2. The minimum absolute atomic E-state index is 0.140. The third-order valence-corrected chi connectivity index (χ3v) is 5.91. The molecule has 2 N–H and O–H groups in total. The van der Waals surface area contributed by atoms with Crippen molar-refractivity contribution in [1.82, 2.24) is 10.3 Å². The lowest BCUT2D eigenvalue weighted by Gasteiger charge is -2.34. The number of amides is 1. The molecule has 1 aromatic heterocycles. The SMILES string of the molecule is Cc1ccc2[nH]c3c(c2c1)CCNC31C(=O)N(CC(C)C)c2ccccc21. The molecule has 2 aliphatic rings. The van der Waals surface area contributed by atoms with E-state index in [1.165, 1.54) is 16.5 Å². The summed E-state index contributed by atoms with van der Waals surface area (Å²) in [6, 6.07) is 14.7. The van der Waals surface area contributed by atoms with Gasteiger partial charge in [-0.25, -0.2) is 0 Å². The molecule has 1 spiro atoms. The van der Waals surface area contributed by atoms with Crippen molar-refractivity contribution in [3.63, 3.8) is 0 Å². The fraction of sp³-hybridized carbons (Fsp3) is 0.348. The van der Waals surface area contributed by atoms with Crippen molar-refractivity contribution in [3.8, 4) is 0 Å². The summed E-state index contributed by atoms with van der Waals surface area (Å²) in [6.07, 6.45) is 0.931. The molecule has 4 nitrogen and oxygen atoms in total. The molecule has 0 fully saturated rings. The number of carbonyl (C=O) groups excluding carboxylic acids is 1. The van der Waals surface area contributed by atoms with E-state index in [2.05, 4.69) is 61.4 Å². The number of anilines is 1. The summed E-state index contributed by atoms with van der Waals surface area (Å²) in [4.78, 5) is 19.4. The van der Waals surface area contributed by atoms with Gasteiger partial charge in [-0.3, -0.25) is 10.1 Å². The van der Waals surface area contributed by atoms with Crippen molar-refractivity contribution in [2.45, 2.75) is 32.7 Å². The van der Waals surface area contributed by atoms with Crippen molar-refractivity contribution in [3.05, 3.63) is 64.8 Å². The second-order valence-electron chi connectivity index (χ2n) is 8.28. The van der Waals surface area contributed by atoms with E-state index < -0.39 is 5.54 Å². The summed E-state index contributed by atoms with van der Waals surface area (Å²) in [5.41, 5.74) is 5.97. The number of carbonyl (C=O) groups is 1. The second-order valence-corrected chi connectivity index (χ2v) is 8.28. The van der Waals surface area contributed by atoms with Crippen LogP contribution in [0, 0.1) is 12.8 Å². The minimum atomic E-state index is -0.800. The molecule has 27 heavy (non-hydrogen) atoms. The fourth-order valence-corrected chi connectivity index (χ4v) is 4.82. The Morgan fingerprint density at radius 1 is 1.19 bits per heavy atom. The van der Waals surface area contributed by atoms with Crippen molar-refractivity contribution >= 4 is 22.5 Å². The van der Waals surface area contributed by atoms with Gasteiger partial charge in [0.2, 0.25) is 0 Å². The van der Waals surface area contributed by atoms with Crippen LogP contribution < -0.4 is 10.2 Å². The van der Waals surface area contributed by atoms with Gasteiger partial charge in [0.05, 0.1) is 5.69 Å². The van der Waals surface area contributed by atoms with Crippen LogP contribution in [0.3, 0.4) is 0 Å². The summed E-state index contributed by atoms with van der Waals surface area (Å²) < 4.78 is 0. The summed E-state index contributed by atoms with van der Waals surface area (Å²) in [5, 5.41) is 4.86. The van der Waals surface area contributed by atoms with Gasteiger partial charge in [0, 0.05) is 35.2 Å². The first kappa shape index (κ1) is 16.6. The molecule has 3 aromatic rings. The van der Waals surface area contributed by atoms with Gasteiger partial charge in [-0.1, -0.05) is 43.7 Å². The Balaban J connectivity index is 1.79. The average Bonchev–Trinajstić information content (AvgIpc) is 3.13. The van der Waals surface area contributed by atoms with Gasteiger partial charge in [0.25, 0.3) is 5.91 Å². The molecule has 1 amide bonds. The lowest BCUT2D eigenvalue weighted by molar-refractivity contribution is -0.123. The van der Waals surface area contributed by atoms with E-state index in [-0.39, 0.29) is 5.91 Å². The molecule has 2 aromatic carbocycles. The standard InChI is InChI=1S/C23H25N3O/c1-14(2)13-26-20-7-5-4-6-18(20)23(22(26)27)21-16(10-11-24-23)17-12-15(3)8-9-19(17)25-21/h4-9,12,14,24-25H,10-11,13H2,1-3H3. The molecule has 1 atom stereocenters. The molecule has 3 heterocycles. The van der Waals surface area contributed by atoms with E-state index in [0.29, 0.717) is 5.92 Å². The van der Waals surface area contributed by atoms with Crippen LogP contribution in [0.15, 0.2) is 42.5 Å². The lowest BCUT2D eigenvalue weighted by Crippen LogP contribution is -2.55. The lowest BCUT2D eigenvalue weighted by atomic mass is 9.82. The fourth-order valence-electron chi connectivity index (χ4n) is 4.82. The molecule has 0 saturated carbocycles. The third kappa shape index (κ3) is 2.16. The van der Waals surface area contributed by atoms with Crippen molar-refractivity contribution in [2.75, 3.05) is 18.0 Å². The van der Waals surface area contributed by atoms with Crippen LogP contribution in [0.2, 0.25) is 0 Å². The number of hydrogen-bond acceptors (Lipinski definition) is 2. The van der Waals surface area contributed by atoms with E-state index in [0.717, 1.165) is 42.0 Å². The molecular formula is C23H25N3O. The van der Waals surface area contributed by atoms with Gasteiger partial charge < -0.3 is 9.88 Å². The summed E-state index contributed by atoms with van der Waals surface area (Å²) in [6.45, 7) is 7.96. The molecule has 2 aliphatic heterocycles. The van der Waals surface area contributed by atoms with Crippen molar-refractivity contribution < 1.29 is 4.79 Å². The number of nitrogens with one attached hydrogen (secondary N) is 2. The Morgan fingerprint density at radius 3 is 2.81 bits per heavy atom. The van der Waals surface area contributed by atoms with Gasteiger partial charge in [-0.05, 0) is 43.0 Å². The molecule has 0 saturated heterocycles. The number of rotatable bonds is 2. The van der Waals surface area contributed by atoms with Crippen molar-refractivity contribution in [1.29, 1.82) is 0 Å². The summed E-state index contributed by atoms with van der Waals surface area (Å²) in [7, 11) is 0. The first-order chi connectivity index (χ1) is 13.0. The van der Waals surface area contributed by atoms with E-state index in [1.807, 2.05) is 17.0 Å². The smallest absolute Gasteiger partial charge is 0.258 e. The van der Waals surface area contributed by atoms with E-state index in [1.54, 1.807) is 0 Å². The number of benzene rings is 2. The maximum atomic E-state index is 13.8. The Bertz CT molecular complexity index is 1060. The molecule has 0 bridgehead atoms. The molecule has 0 radical (unpaired) electrons. The van der Waals surface area contributed by atoms with Crippen LogP contribution in [-0.4, -0.2) is 24.0 Å². The zero-order chi connectivity index (χ0) is 18.8. The van der Waals surface area contributed by atoms with Crippen LogP contribution in [0.1, 0.15) is 36.2 Å². The normalized spacial score (nSPS) is 21.3. The number of fused-ring (bicyclic) bond motifs is 6. The summed E-state index contributed by atoms with van der Waals surface area (Å²) in [5.74, 6) is 0.548. The molecule has 5 rings (SSSR count). The second kappa shape index (κ2) is 5.70. The maximum Gasteiger partial charge on any atom is 0.258 e. The Kier molecular flexibility index (Phi) is 3.50. The topological polar surface area (TPSA) is 48.1 Å². The van der Waals surface area contributed by atoms with Crippen LogP contribution >= 0.6 is 0 Å². The monoisotopic (exact) mass is 359 g/mol. The van der Waals surface area contributed by atoms with E-state index in [9.17, 15) is 4.79 Å². The Labute approximate surface area is 159 Å². The third-order valence-electron chi connectivity index (χ3n) is 5.91. The van der Waals surface area contributed by atoms with Crippen LogP contribution in [0.25, 0.3) is 10.9 Å². The molecular weight excluding hydrogens is 334 g/mol. The highest BCUT2D eigenvalue weighted by Crippen LogP contribution is 2.48. The molecule has 0 aliphatic carbocycles. The van der Waals surface area contributed by atoms with E-state index in [4.69, 9.17) is 0 Å². The highest BCUT2D eigenvalue weighted by Gasteiger charge is 2.55. The zero-order valence-corrected chi connectivity index (χ0v) is 16.1. The highest BCUT2D eigenvalue weighted by molar-refractivity contribution is 6.11. The van der Waals surface area contributed by atoms with E-state index >= 15 is 0 Å². The number of aryl methyl sites for hydroxylation is 1. The van der Waals surface area contributed by atoms with Gasteiger partial charge in [-0.15, -0.1) is 0 Å². The maximum absolute atomic E-state index is 13.8. The van der Waals surface area contributed by atoms with Crippen LogP contribution in [-0.2, 0) is 16.8 Å². The van der Waals surface area contributed by atoms with Gasteiger partial charge in [-0.2, -0.15) is 0 Å². The predicted molar refractivity (Wildman–Crippen MR) is 109 cm³/mol. The molecule has 4 heteroatoms. The van der Waals surface area contributed by atoms with Gasteiger partial charge >= 0.3 is 0 Å². The number of hydrogen-bond donors (Lipinski definition) is 2. The number of para-hydroxylation sites is 1. The average molecular weight is 359 g/mol. The predicted octanol–water partition coefficient (Wildman–Crippen LogP) is 3.87. The first-order valence-electron chi connectivity index (χ1n) is 9.80. The number of H-pyrrole nitrogens is 1. The summed E-state index contributed by atoms with van der Waals surface area (Å²) >= 11 is 0.